The molecule has 36 heavy (non-hydrogen) atoms. The summed E-state index contributed by atoms with van der Waals surface area (Å²) in [5.41, 5.74) is 3.84. The van der Waals surface area contributed by atoms with Gasteiger partial charge in [0.05, 0.1) is 11.2 Å². The van der Waals surface area contributed by atoms with Crippen LogP contribution in [0.2, 0.25) is 0 Å². The molecule has 2 aliphatic heterocycles. The Balaban J connectivity index is 1.49. The van der Waals surface area contributed by atoms with Gasteiger partial charge in [-0.05, 0) is 44.5 Å². The van der Waals surface area contributed by atoms with Crippen LogP contribution in [0.1, 0.15) is 56.6 Å². The van der Waals surface area contributed by atoms with Gasteiger partial charge in [0.25, 0.3) is 0 Å². The molecule has 1 N–H and O–H groups in total. The molecule has 0 spiro atoms. The van der Waals surface area contributed by atoms with Gasteiger partial charge in [0, 0.05) is 68.9 Å². The van der Waals surface area contributed by atoms with Gasteiger partial charge in [0.15, 0.2) is 0 Å². The lowest BCUT2D eigenvalue weighted by molar-refractivity contribution is -0.129. The largest absolute Gasteiger partial charge is 0.363 e. The van der Waals surface area contributed by atoms with Crippen LogP contribution < -0.4 is 10.2 Å². The van der Waals surface area contributed by atoms with Gasteiger partial charge < -0.3 is 19.9 Å². The maximum atomic E-state index is 12.2. The number of hydrogen-bond acceptors (Lipinski definition) is 8. The standard InChI is InChI=1S/C27H33N7O2/c1-17(2)34-15-22-25(24(34)16-35)30-27(33-12-10-32(11-13-33)19(4)36)31-26(22)29-18(3)20-7-8-23-21(14-20)6-5-9-28-23/h5-9,14,16-18,24H,10-13,15H2,1-4H3,(H,29,30,31)/t18?,24-/m0/s1. The Bertz CT molecular complexity index is 1290. The normalized spacial score (nSPS) is 19.0. The monoisotopic (exact) mass is 487 g/mol. The third-order valence-electron chi connectivity index (χ3n) is 7.29. The van der Waals surface area contributed by atoms with Gasteiger partial charge in [0.1, 0.15) is 18.1 Å². The number of benzene rings is 1. The summed E-state index contributed by atoms with van der Waals surface area (Å²) in [5.74, 6) is 1.45. The topological polar surface area (TPSA) is 94.6 Å². The molecule has 5 rings (SSSR count). The van der Waals surface area contributed by atoms with Gasteiger partial charge in [-0.1, -0.05) is 12.1 Å². The predicted molar refractivity (Wildman–Crippen MR) is 140 cm³/mol. The number of anilines is 2. The number of nitrogens with one attached hydrogen (secondary N) is 1. The molecule has 3 aromatic rings. The fourth-order valence-corrected chi connectivity index (χ4v) is 5.11. The molecule has 9 nitrogen and oxygen atoms in total. The van der Waals surface area contributed by atoms with Gasteiger partial charge in [0.2, 0.25) is 11.9 Å². The molecule has 0 aliphatic carbocycles. The van der Waals surface area contributed by atoms with Gasteiger partial charge in [-0.15, -0.1) is 0 Å². The Hall–Kier alpha value is -3.59. The van der Waals surface area contributed by atoms with E-state index >= 15 is 0 Å². The number of pyridine rings is 1. The molecule has 1 amide bonds. The van der Waals surface area contributed by atoms with Gasteiger partial charge in [-0.25, -0.2) is 4.98 Å². The third kappa shape index (κ3) is 4.51. The van der Waals surface area contributed by atoms with Crippen LogP contribution in [0.5, 0.6) is 0 Å². The molecule has 2 aromatic heterocycles. The molecule has 188 valence electrons. The average molecular weight is 488 g/mol. The number of aromatic nitrogens is 3. The van der Waals surface area contributed by atoms with E-state index in [1.165, 1.54) is 0 Å². The van der Waals surface area contributed by atoms with Crippen LogP contribution in [0.25, 0.3) is 10.9 Å². The van der Waals surface area contributed by atoms with E-state index in [9.17, 15) is 9.59 Å². The van der Waals surface area contributed by atoms with Crippen LogP contribution in [-0.4, -0.2) is 69.2 Å². The Morgan fingerprint density at radius 1 is 1.11 bits per heavy atom. The number of rotatable bonds is 6. The van der Waals surface area contributed by atoms with E-state index in [1.54, 1.807) is 13.1 Å². The summed E-state index contributed by atoms with van der Waals surface area (Å²) in [6, 6.07) is 10.1. The predicted octanol–water partition coefficient (Wildman–Crippen LogP) is 3.33. The first-order valence-corrected chi connectivity index (χ1v) is 12.6. The minimum atomic E-state index is -0.400. The number of fused-ring (bicyclic) bond motifs is 2. The lowest BCUT2D eigenvalue weighted by Gasteiger charge is -2.34. The van der Waals surface area contributed by atoms with Crippen molar-refractivity contribution in [2.45, 2.75) is 52.4 Å². The summed E-state index contributed by atoms with van der Waals surface area (Å²) < 4.78 is 0. The summed E-state index contributed by atoms with van der Waals surface area (Å²) in [4.78, 5) is 44.4. The Labute approximate surface area is 211 Å². The fraction of sp³-hybridized carbons (Fsp3) is 0.444. The van der Waals surface area contributed by atoms with Gasteiger partial charge in [-0.2, -0.15) is 4.98 Å². The molecular formula is C27H33N7O2. The van der Waals surface area contributed by atoms with Gasteiger partial charge >= 0.3 is 0 Å². The highest BCUT2D eigenvalue weighted by Crippen LogP contribution is 2.38. The Morgan fingerprint density at radius 3 is 2.58 bits per heavy atom. The molecule has 2 aliphatic rings. The zero-order valence-electron chi connectivity index (χ0n) is 21.3. The van der Waals surface area contributed by atoms with Crippen molar-refractivity contribution in [1.82, 2.24) is 24.8 Å². The minimum Gasteiger partial charge on any atom is -0.363 e. The number of amides is 1. The number of piperazine rings is 1. The Morgan fingerprint density at radius 2 is 1.89 bits per heavy atom. The quantitative estimate of drug-likeness (QED) is 0.529. The maximum Gasteiger partial charge on any atom is 0.227 e. The SMILES string of the molecule is CC(=O)N1CCN(c2nc(NC(C)c3ccc4ncccc4c3)c3c(n2)[C@H](C=O)N(C(C)C)C3)CC1. The molecule has 9 heteroatoms. The number of carbonyl (C=O) groups excluding carboxylic acids is 2. The van der Waals surface area contributed by atoms with Crippen molar-refractivity contribution in [2.24, 2.45) is 0 Å². The molecule has 1 aromatic carbocycles. The zero-order chi connectivity index (χ0) is 25.4. The second-order valence-electron chi connectivity index (χ2n) is 9.90. The van der Waals surface area contributed by atoms with Crippen molar-refractivity contribution in [3.63, 3.8) is 0 Å². The molecule has 0 saturated carbocycles. The van der Waals surface area contributed by atoms with Crippen LogP contribution in [0.15, 0.2) is 36.5 Å². The molecule has 1 fully saturated rings. The smallest absolute Gasteiger partial charge is 0.227 e. The maximum absolute atomic E-state index is 12.2. The van der Waals surface area contributed by atoms with Crippen LogP contribution >= 0.6 is 0 Å². The first-order chi connectivity index (χ1) is 17.4. The van der Waals surface area contributed by atoms with E-state index in [0.717, 1.165) is 39.8 Å². The molecular weight excluding hydrogens is 454 g/mol. The van der Waals surface area contributed by atoms with Crippen molar-refractivity contribution >= 4 is 34.9 Å². The van der Waals surface area contributed by atoms with Crippen molar-refractivity contribution < 1.29 is 9.59 Å². The fourth-order valence-electron chi connectivity index (χ4n) is 5.11. The highest BCUT2D eigenvalue weighted by molar-refractivity contribution is 5.79. The first kappa shape index (κ1) is 24.1. The van der Waals surface area contributed by atoms with E-state index in [0.29, 0.717) is 38.7 Å². The highest BCUT2D eigenvalue weighted by Gasteiger charge is 2.37. The first-order valence-electron chi connectivity index (χ1n) is 12.6. The van der Waals surface area contributed by atoms with Crippen molar-refractivity contribution in [3.8, 4) is 0 Å². The van der Waals surface area contributed by atoms with Crippen LogP contribution in [0.3, 0.4) is 0 Å². The van der Waals surface area contributed by atoms with Crippen LogP contribution in [-0.2, 0) is 16.1 Å². The second-order valence-corrected chi connectivity index (χ2v) is 9.90. The van der Waals surface area contributed by atoms with E-state index in [-0.39, 0.29) is 18.0 Å². The summed E-state index contributed by atoms with van der Waals surface area (Å²) in [6.45, 7) is 11.1. The summed E-state index contributed by atoms with van der Waals surface area (Å²) >= 11 is 0. The van der Waals surface area contributed by atoms with Crippen molar-refractivity contribution in [3.05, 3.63) is 53.3 Å². The summed E-state index contributed by atoms with van der Waals surface area (Å²) in [5, 5.41) is 4.72. The average Bonchev–Trinajstić information content (AvgIpc) is 3.27. The van der Waals surface area contributed by atoms with E-state index in [4.69, 9.17) is 9.97 Å². The Kier molecular flexibility index (Phi) is 6.57. The van der Waals surface area contributed by atoms with Gasteiger partial charge in [-0.3, -0.25) is 14.7 Å². The van der Waals surface area contributed by atoms with E-state index in [1.807, 2.05) is 17.0 Å². The molecule has 1 unspecified atom stereocenters. The highest BCUT2D eigenvalue weighted by atomic mass is 16.2. The molecule has 4 heterocycles. The number of carbonyl (C=O) groups is 2. The zero-order valence-corrected chi connectivity index (χ0v) is 21.3. The van der Waals surface area contributed by atoms with Crippen LogP contribution in [0.4, 0.5) is 11.8 Å². The summed E-state index contributed by atoms with van der Waals surface area (Å²) in [7, 11) is 0. The molecule has 0 bridgehead atoms. The lowest BCUT2D eigenvalue weighted by Crippen LogP contribution is -2.48. The number of hydrogen-bond donors (Lipinski definition) is 1. The van der Waals surface area contributed by atoms with E-state index < -0.39 is 6.04 Å². The lowest BCUT2D eigenvalue weighted by atomic mass is 10.0. The third-order valence-corrected chi connectivity index (χ3v) is 7.29. The molecule has 2 atom stereocenters. The molecule has 0 radical (unpaired) electrons. The molecule has 1 saturated heterocycles. The van der Waals surface area contributed by atoms with Crippen molar-refractivity contribution in [1.29, 1.82) is 0 Å². The van der Waals surface area contributed by atoms with Crippen molar-refractivity contribution in [2.75, 3.05) is 36.4 Å². The van der Waals surface area contributed by atoms with E-state index in [2.05, 4.69) is 59.1 Å². The minimum absolute atomic E-state index is 0.0150. The summed E-state index contributed by atoms with van der Waals surface area (Å²) in [6.07, 6.45) is 2.79. The second kappa shape index (κ2) is 9.81. The number of aldehydes is 1. The van der Waals surface area contributed by atoms with Crippen LogP contribution in [0, 0.1) is 0 Å². The number of nitrogens with zero attached hydrogens (tertiary/aromatic N) is 6.